The van der Waals surface area contributed by atoms with Gasteiger partial charge in [-0.25, -0.2) is 5.43 Å². The lowest BCUT2D eigenvalue weighted by atomic mass is 9.81. The highest BCUT2D eigenvalue weighted by Crippen LogP contribution is 2.33. The number of amides is 1. The Morgan fingerprint density at radius 2 is 2.14 bits per heavy atom. The molecule has 5 nitrogen and oxygen atoms in total. The van der Waals surface area contributed by atoms with E-state index in [1.807, 2.05) is 32.0 Å². The lowest BCUT2D eigenvalue weighted by Crippen LogP contribution is -2.43. The second-order valence-electron chi connectivity index (χ2n) is 5.24. The lowest BCUT2D eigenvalue weighted by Gasteiger charge is -2.27. The number of hydrogen-bond donors (Lipinski definition) is 2. The van der Waals surface area contributed by atoms with Crippen LogP contribution >= 0.6 is 0 Å². The monoisotopic (exact) mass is 290 g/mol. The number of esters is 1. The van der Waals surface area contributed by atoms with Gasteiger partial charge in [-0.3, -0.25) is 15.0 Å². The fraction of sp³-hybridized carbons (Fsp3) is 0.500. The van der Waals surface area contributed by atoms with Crippen LogP contribution in [0.1, 0.15) is 54.6 Å². The first kappa shape index (κ1) is 15.5. The maximum absolute atomic E-state index is 12.2. The molecule has 1 aliphatic heterocycles. The molecule has 2 atom stereocenters. The van der Waals surface area contributed by atoms with Crippen molar-refractivity contribution >= 4 is 11.9 Å². The summed E-state index contributed by atoms with van der Waals surface area (Å²) in [5.41, 5.74) is 8.08. The van der Waals surface area contributed by atoms with Gasteiger partial charge < -0.3 is 4.74 Å². The van der Waals surface area contributed by atoms with Gasteiger partial charge in [0.1, 0.15) is 0 Å². The molecule has 0 aliphatic carbocycles. The van der Waals surface area contributed by atoms with E-state index in [2.05, 4.69) is 10.9 Å². The van der Waals surface area contributed by atoms with Crippen LogP contribution in [0.4, 0.5) is 0 Å². The topological polar surface area (TPSA) is 67.4 Å². The molecule has 1 aromatic rings. The molecule has 2 N–H and O–H groups in total. The van der Waals surface area contributed by atoms with E-state index in [-0.39, 0.29) is 23.7 Å². The minimum absolute atomic E-state index is 0.0251. The van der Waals surface area contributed by atoms with Crippen molar-refractivity contribution in [3.63, 3.8) is 0 Å². The third-order valence-electron chi connectivity index (χ3n) is 3.99. The Hall–Kier alpha value is -1.88. The minimum Gasteiger partial charge on any atom is -0.466 e. The van der Waals surface area contributed by atoms with Gasteiger partial charge in [0.2, 0.25) is 0 Å². The van der Waals surface area contributed by atoms with E-state index in [1.54, 1.807) is 6.92 Å². The molecule has 21 heavy (non-hydrogen) atoms. The fourth-order valence-corrected chi connectivity index (χ4v) is 2.92. The molecule has 114 valence electrons. The number of carbonyl (C=O) groups is 2. The number of ether oxygens (including phenoxy) is 1. The Morgan fingerprint density at radius 1 is 1.38 bits per heavy atom. The van der Waals surface area contributed by atoms with Gasteiger partial charge in [-0.1, -0.05) is 32.0 Å². The molecule has 1 aliphatic rings. The zero-order valence-electron chi connectivity index (χ0n) is 12.7. The van der Waals surface area contributed by atoms with Crippen LogP contribution in [0.5, 0.6) is 0 Å². The molecule has 0 saturated heterocycles. The van der Waals surface area contributed by atoms with E-state index >= 15 is 0 Å². The summed E-state index contributed by atoms with van der Waals surface area (Å²) in [5.74, 6) is -0.648. The van der Waals surface area contributed by atoms with Crippen molar-refractivity contribution in [2.24, 2.45) is 5.92 Å². The number of hydrazine groups is 1. The molecule has 0 fully saturated rings. The predicted molar refractivity (Wildman–Crippen MR) is 79.6 cm³/mol. The van der Waals surface area contributed by atoms with E-state index in [1.165, 1.54) is 0 Å². The lowest BCUT2D eigenvalue weighted by molar-refractivity contribution is -0.148. The number of carbonyl (C=O) groups excluding carboxylic acids is 2. The van der Waals surface area contributed by atoms with Gasteiger partial charge in [-0.15, -0.1) is 0 Å². The van der Waals surface area contributed by atoms with Crippen LogP contribution in [-0.4, -0.2) is 18.5 Å². The van der Waals surface area contributed by atoms with Crippen LogP contribution in [-0.2, 0) is 16.1 Å². The normalized spacial score (nSPS) is 16.6. The van der Waals surface area contributed by atoms with Crippen molar-refractivity contribution in [3.8, 4) is 0 Å². The Kier molecular flexibility index (Phi) is 4.96. The molecule has 5 heteroatoms. The SMILES string of the molecule is CCOC(=O)[C@@H](C)[C@@H](CC)c1cccc2c1C(=O)NNC2. The molecule has 0 aromatic heterocycles. The maximum atomic E-state index is 12.2. The Morgan fingerprint density at radius 3 is 2.81 bits per heavy atom. The Labute approximate surface area is 125 Å². The highest BCUT2D eigenvalue weighted by Gasteiger charge is 2.30. The number of benzene rings is 1. The van der Waals surface area contributed by atoms with E-state index in [4.69, 9.17) is 4.74 Å². The highest BCUT2D eigenvalue weighted by atomic mass is 16.5. The molecule has 1 amide bonds. The van der Waals surface area contributed by atoms with Gasteiger partial charge in [0, 0.05) is 12.1 Å². The first-order valence-electron chi connectivity index (χ1n) is 7.41. The predicted octanol–water partition coefficient (Wildman–Crippen LogP) is 2.13. The van der Waals surface area contributed by atoms with Crippen molar-refractivity contribution in [2.75, 3.05) is 6.61 Å². The molecule has 0 spiro atoms. The first-order valence-corrected chi connectivity index (χ1v) is 7.41. The summed E-state index contributed by atoms with van der Waals surface area (Å²) in [6.45, 7) is 6.66. The van der Waals surface area contributed by atoms with Gasteiger partial charge in [0.05, 0.1) is 12.5 Å². The van der Waals surface area contributed by atoms with Gasteiger partial charge >= 0.3 is 5.97 Å². The number of nitrogens with one attached hydrogen (secondary N) is 2. The van der Waals surface area contributed by atoms with Crippen LogP contribution in [0.2, 0.25) is 0 Å². The zero-order chi connectivity index (χ0) is 15.4. The molecule has 0 saturated carbocycles. The van der Waals surface area contributed by atoms with Gasteiger partial charge in [-0.05, 0) is 30.4 Å². The van der Waals surface area contributed by atoms with Crippen molar-refractivity contribution in [3.05, 3.63) is 34.9 Å². The Balaban J connectivity index is 2.39. The summed E-state index contributed by atoms with van der Waals surface area (Å²) in [6, 6.07) is 5.81. The van der Waals surface area contributed by atoms with E-state index < -0.39 is 0 Å². The molecule has 2 rings (SSSR count). The first-order chi connectivity index (χ1) is 10.1. The van der Waals surface area contributed by atoms with Crippen LogP contribution < -0.4 is 10.9 Å². The fourth-order valence-electron chi connectivity index (χ4n) is 2.92. The molecular formula is C16H22N2O3. The standard InChI is InChI=1S/C16H22N2O3/c1-4-12(10(3)16(20)21-5-2)13-8-6-7-11-9-17-18-15(19)14(11)13/h6-8,10,12,17H,4-5,9H2,1-3H3,(H,18,19)/t10-,12+/m0/s1. The quantitative estimate of drug-likeness (QED) is 0.815. The van der Waals surface area contributed by atoms with Crippen molar-refractivity contribution < 1.29 is 14.3 Å². The van der Waals surface area contributed by atoms with Crippen LogP contribution in [0.3, 0.4) is 0 Å². The summed E-state index contributed by atoms with van der Waals surface area (Å²) < 4.78 is 5.13. The van der Waals surface area contributed by atoms with Crippen molar-refractivity contribution in [2.45, 2.75) is 39.7 Å². The summed E-state index contributed by atoms with van der Waals surface area (Å²) >= 11 is 0. The van der Waals surface area contributed by atoms with E-state index in [0.29, 0.717) is 18.7 Å². The van der Waals surface area contributed by atoms with Crippen LogP contribution in [0.15, 0.2) is 18.2 Å². The molecule has 1 aromatic carbocycles. The number of rotatable bonds is 5. The molecule has 0 bridgehead atoms. The minimum atomic E-state index is -0.274. The van der Waals surface area contributed by atoms with E-state index in [9.17, 15) is 9.59 Å². The molecular weight excluding hydrogens is 268 g/mol. The second kappa shape index (κ2) is 6.72. The number of fused-ring (bicyclic) bond motifs is 1. The van der Waals surface area contributed by atoms with E-state index in [0.717, 1.165) is 17.5 Å². The smallest absolute Gasteiger partial charge is 0.309 e. The highest BCUT2D eigenvalue weighted by molar-refractivity contribution is 5.98. The van der Waals surface area contributed by atoms with Crippen LogP contribution in [0, 0.1) is 5.92 Å². The number of hydrogen-bond acceptors (Lipinski definition) is 4. The average molecular weight is 290 g/mol. The third-order valence-corrected chi connectivity index (χ3v) is 3.99. The summed E-state index contributed by atoms with van der Waals surface area (Å²) in [5, 5.41) is 0. The molecule has 0 radical (unpaired) electrons. The average Bonchev–Trinajstić information content (AvgIpc) is 2.48. The Bertz CT molecular complexity index is 542. The maximum Gasteiger partial charge on any atom is 0.309 e. The van der Waals surface area contributed by atoms with Gasteiger partial charge in [0.15, 0.2) is 0 Å². The van der Waals surface area contributed by atoms with Crippen molar-refractivity contribution in [1.82, 2.24) is 10.9 Å². The summed E-state index contributed by atoms with van der Waals surface area (Å²) in [6.07, 6.45) is 0.775. The van der Waals surface area contributed by atoms with Gasteiger partial charge in [0.25, 0.3) is 5.91 Å². The zero-order valence-corrected chi connectivity index (χ0v) is 12.7. The largest absolute Gasteiger partial charge is 0.466 e. The third kappa shape index (κ3) is 3.08. The van der Waals surface area contributed by atoms with Crippen molar-refractivity contribution in [1.29, 1.82) is 0 Å². The molecule has 1 heterocycles. The summed E-state index contributed by atoms with van der Waals surface area (Å²) in [7, 11) is 0. The second-order valence-corrected chi connectivity index (χ2v) is 5.24. The van der Waals surface area contributed by atoms with Crippen LogP contribution in [0.25, 0.3) is 0 Å². The van der Waals surface area contributed by atoms with Gasteiger partial charge in [-0.2, -0.15) is 0 Å². The summed E-state index contributed by atoms with van der Waals surface area (Å²) in [4.78, 5) is 24.2. The molecule has 0 unspecified atom stereocenters.